The standard InChI is InChI=1S/C12H10N4/c13-12-10-3-4-14-7-9(10)1-2-11(12)16-6-5-15-8-16/h1-8H,13H2. The van der Waals surface area contributed by atoms with Crippen LogP contribution in [0.15, 0.2) is 49.3 Å². The number of anilines is 1. The molecule has 0 saturated carbocycles. The van der Waals surface area contributed by atoms with Crippen LogP contribution in [0, 0.1) is 0 Å². The average molecular weight is 210 g/mol. The lowest BCUT2D eigenvalue weighted by Gasteiger charge is -2.09. The van der Waals surface area contributed by atoms with Crippen LogP contribution in [-0.2, 0) is 0 Å². The van der Waals surface area contributed by atoms with Crippen molar-refractivity contribution < 1.29 is 0 Å². The number of nitrogens with two attached hydrogens (primary N) is 1. The molecule has 2 heterocycles. The second kappa shape index (κ2) is 3.34. The summed E-state index contributed by atoms with van der Waals surface area (Å²) in [4.78, 5) is 8.09. The van der Waals surface area contributed by atoms with E-state index in [0.29, 0.717) is 0 Å². The van der Waals surface area contributed by atoms with Gasteiger partial charge in [0.05, 0.1) is 17.7 Å². The van der Waals surface area contributed by atoms with Gasteiger partial charge in [-0.1, -0.05) is 6.07 Å². The predicted molar refractivity (Wildman–Crippen MR) is 63.3 cm³/mol. The fraction of sp³-hybridized carbons (Fsp3) is 0. The summed E-state index contributed by atoms with van der Waals surface area (Å²) < 4.78 is 1.90. The Morgan fingerprint density at radius 2 is 2.00 bits per heavy atom. The third-order valence-electron chi connectivity index (χ3n) is 2.62. The van der Waals surface area contributed by atoms with Crippen molar-refractivity contribution in [1.29, 1.82) is 0 Å². The van der Waals surface area contributed by atoms with Crippen molar-refractivity contribution >= 4 is 16.5 Å². The second-order valence-electron chi connectivity index (χ2n) is 3.57. The predicted octanol–water partition coefficient (Wildman–Crippen LogP) is 2.00. The van der Waals surface area contributed by atoms with Crippen LogP contribution >= 0.6 is 0 Å². The number of imidazole rings is 1. The summed E-state index contributed by atoms with van der Waals surface area (Å²) in [6.45, 7) is 0. The molecule has 2 N–H and O–H groups in total. The Bertz CT molecular complexity index is 629. The molecule has 0 saturated heterocycles. The van der Waals surface area contributed by atoms with E-state index in [4.69, 9.17) is 5.73 Å². The summed E-state index contributed by atoms with van der Waals surface area (Å²) in [5.74, 6) is 0. The van der Waals surface area contributed by atoms with Crippen molar-refractivity contribution in [1.82, 2.24) is 14.5 Å². The number of nitrogens with zero attached hydrogens (tertiary/aromatic N) is 3. The molecule has 3 aromatic rings. The minimum absolute atomic E-state index is 0.748. The fourth-order valence-electron chi connectivity index (χ4n) is 1.81. The van der Waals surface area contributed by atoms with E-state index in [1.165, 1.54) is 0 Å². The first kappa shape index (κ1) is 8.91. The van der Waals surface area contributed by atoms with E-state index in [9.17, 15) is 0 Å². The van der Waals surface area contributed by atoms with Crippen LogP contribution in [0.2, 0.25) is 0 Å². The molecule has 0 atom stereocenters. The van der Waals surface area contributed by atoms with Crippen LogP contribution in [0.1, 0.15) is 0 Å². The first-order valence-electron chi connectivity index (χ1n) is 4.97. The van der Waals surface area contributed by atoms with Gasteiger partial charge in [0.25, 0.3) is 0 Å². The quantitative estimate of drug-likeness (QED) is 0.625. The molecule has 3 rings (SSSR count). The molecule has 0 aliphatic carbocycles. The van der Waals surface area contributed by atoms with Crippen LogP contribution < -0.4 is 5.73 Å². The third kappa shape index (κ3) is 1.24. The third-order valence-corrected chi connectivity index (χ3v) is 2.62. The zero-order valence-electron chi connectivity index (χ0n) is 8.54. The molecule has 0 aliphatic rings. The molecule has 0 fully saturated rings. The highest BCUT2D eigenvalue weighted by molar-refractivity contribution is 5.96. The summed E-state index contributed by atoms with van der Waals surface area (Å²) in [6.07, 6.45) is 8.90. The number of nitrogen functional groups attached to an aromatic ring is 1. The van der Waals surface area contributed by atoms with Gasteiger partial charge in [-0.05, 0) is 12.1 Å². The summed E-state index contributed by atoms with van der Waals surface area (Å²) in [5.41, 5.74) is 7.82. The van der Waals surface area contributed by atoms with Crippen molar-refractivity contribution in [2.45, 2.75) is 0 Å². The van der Waals surface area contributed by atoms with E-state index in [-0.39, 0.29) is 0 Å². The van der Waals surface area contributed by atoms with Gasteiger partial charge >= 0.3 is 0 Å². The maximum Gasteiger partial charge on any atom is 0.0992 e. The lowest BCUT2D eigenvalue weighted by atomic mass is 10.1. The van der Waals surface area contributed by atoms with Crippen molar-refractivity contribution in [3.8, 4) is 5.69 Å². The number of fused-ring (bicyclic) bond motifs is 1. The molecule has 1 aromatic carbocycles. The highest BCUT2D eigenvalue weighted by Gasteiger charge is 2.05. The molecular formula is C12H10N4. The van der Waals surface area contributed by atoms with Crippen molar-refractivity contribution in [3.63, 3.8) is 0 Å². The van der Waals surface area contributed by atoms with E-state index in [2.05, 4.69) is 9.97 Å². The first-order chi connectivity index (χ1) is 7.86. The molecule has 78 valence electrons. The van der Waals surface area contributed by atoms with E-state index < -0.39 is 0 Å². The van der Waals surface area contributed by atoms with E-state index in [1.807, 2.05) is 35.2 Å². The summed E-state index contributed by atoms with van der Waals surface area (Å²) in [6, 6.07) is 5.90. The summed E-state index contributed by atoms with van der Waals surface area (Å²) in [5, 5.41) is 2.06. The van der Waals surface area contributed by atoms with Gasteiger partial charge in [0.1, 0.15) is 0 Å². The molecule has 0 radical (unpaired) electrons. The lowest BCUT2D eigenvalue weighted by molar-refractivity contribution is 1.06. The van der Waals surface area contributed by atoms with Gasteiger partial charge in [0, 0.05) is 35.6 Å². The monoisotopic (exact) mass is 210 g/mol. The van der Waals surface area contributed by atoms with Gasteiger partial charge in [-0.2, -0.15) is 0 Å². The topological polar surface area (TPSA) is 56.7 Å². The number of pyridine rings is 1. The van der Waals surface area contributed by atoms with Crippen molar-refractivity contribution in [2.75, 3.05) is 5.73 Å². The minimum atomic E-state index is 0.748. The van der Waals surface area contributed by atoms with Gasteiger partial charge < -0.3 is 10.3 Å². The Morgan fingerprint density at radius 3 is 2.81 bits per heavy atom. The largest absolute Gasteiger partial charge is 0.397 e. The van der Waals surface area contributed by atoms with Gasteiger partial charge in [0.15, 0.2) is 0 Å². The van der Waals surface area contributed by atoms with E-state index >= 15 is 0 Å². The number of rotatable bonds is 1. The molecular weight excluding hydrogens is 200 g/mol. The fourth-order valence-corrected chi connectivity index (χ4v) is 1.81. The highest BCUT2D eigenvalue weighted by atomic mass is 15.0. The number of benzene rings is 1. The number of hydrogen-bond acceptors (Lipinski definition) is 3. The van der Waals surface area contributed by atoms with Gasteiger partial charge in [-0.15, -0.1) is 0 Å². The van der Waals surface area contributed by atoms with Crippen LogP contribution in [0.4, 0.5) is 5.69 Å². The first-order valence-corrected chi connectivity index (χ1v) is 4.97. The smallest absolute Gasteiger partial charge is 0.0992 e. The molecule has 16 heavy (non-hydrogen) atoms. The second-order valence-corrected chi connectivity index (χ2v) is 3.57. The molecule has 0 bridgehead atoms. The molecule has 0 aliphatic heterocycles. The number of aromatic nitrogens is 3. The SMILES string of the molecule is Nc1c(-n2ccnc2)ccc2cnccc12. The van der Waals surface area contributed by atoms with Gasteiger partial charge in [-0.25, -0.2) is 4.98 Å². The average Bonchev–Trinajstić information content (AvgIpc) is 2.83. The minimum Gasteiger partial charge on any atom is -0.397 e. The molecule has 4 heteroatoms. The van der Waals surface area contributed by atoms with Crippen LogP contribution in [0.25, 0.3) is 16.5 Å². The van der Waals surface area contributed by atoms with Gasteiger partial charge in [-0.3, -0.25) is 4.98 Å². The Morgan fingerprint density at radius 1 is 1.06 bits per heavy atom. The molecule has 4 nitrogen and oxygen atoms in total. The Balaban J connectivity index is 2.32. The van der Waals surface area contributed by atoms with Gasteiger partial charge in [0.2, 0.25) is 0 Å². The highest BCUT2D eigenvalue weighted by Crippen LogP contribution is 2.26. The normalized spacial score (nSPS) is 10.8. The summed E-state index contributed by atoms with van der Waals surface area (Å²) >= 11 is 0. The van der Waals surface area contributed by atoms with E-state index in [1.54, 1.807) is 18.7 Å². The zero-order chi connectivity index (χ0) is 11.0. The Labute approximate surface area is 92.4 Å². The van der Waals surface area contributed by atoms with Crippen LogP contribution in [0.5, 0.6) is 0 Å². The maximum atomic E-state index is 6.13. The lowest BCUT2D eigenvalue weighted by Crippen LogP contribution is -1.98. The van der Waals surface area contributed by atoms with E-state index in [0.717, 1.165) is 22.1 Å². The molecule has 2 aromatic heterocycles. The summed E-state index contributed by atoms with van der Waals surface area (Å²) in [7, 11) is 0. The molecule has 0 amide bonds. The maximum absolute atomic E-state index is 6.13. The van der Waals surface area contributed by atoms with Crippen molar-refractivity contribution in [3.05, 3.63) is 49.3 Å². The Hall–Kier alpha value is -2.36. The molecule has 0 unspecified atom stereocenters. The van der Waals surface area contributed by atoms with Crippen molar-refractivity contribution in [2.24, 2.45) is 0 Å². The number of hydrogen-bond donors (Lipinski definition) is 1. The molecule has 0 spiro atoms. The van der Waals surface area contributed by atoms with Crippen LogP contribution in [-0.4, -0.2) is 14.5 Å². The Kier molecular flexibility index (Phi) is 1.86. The van der Waals surface area contributed by atoms with Crippen LogP contribution in [0.3, 0.4) is 0 Å². The zero-order valence-corrected chi connectivity index (χ0v) is 8.54.